The molecule has 214 valence electrons. The summed E-state index contributed by atoms with van der Waals surface area (Å²) in [4.78, 5) is 29.1. The van der Waals surface area contributed by atoms with Crippen molar-refractivity contribution in [2.45, 2.75) is 52.2 Å². The number of aryl methyl sites for hydroxylation is 1. The molecule has 3 aromatic rings. The maximum Gasteiger partial charge on any atom is 0.244 e. The number of amides is 2. The van der Waals surface area contributed by atoms with Gasteiger partial charge in [-0.25, -0.2) is 12.8 Å². The minimum absolute atomic E-state index is 0.0124. The standard InChI is InChI=1S/C30H35BrFN3O4S/c1-5-22(3)33-30(37)28(18-23-9-7-6-8-10-23)34(19-24-11-13-25(32)14-12-24)29(36)20-35(40(4,38)39)26-15-16-27(31)21(2)17-26/h6-17,22,28H,5,18-20H2,1-4H3,(H,33,37). The smallest absolute Gasteiger partial charge is 0.244 e. The first kappa shape index (κ1) is 31.3. The van der Waals surface area contributed by atoms with Gasteiger partial charge in [0.25, 0.3) is 0 Å². The zero-order valence-corrected chi connectivity index (χ0v) is 25.5. The van der Waals surface area contributed by atoms with Crippen LogP contribution in [0.5, 0.6) is 0 Å². The number of sulfonamides is 1. The molecule has 0 fully saturated rings. The van der Waals surface area contributed by atoms with Gasteiger partial charge in [0.15, 0.2) is 0 Å². The fraction of sp³-hybridized carbons (Fsp3) is 0.333. The average molecular weight is 633 g/mol. The Morgan fingerprint density at radius 3 is 2.23 bits per heavy atom. The fourth-order valence-electron chi connectivity index (χ4n) is 4.18. The van der Waals surface area contributed by atoms with E-state index >= 15 is 0 Å². The lowest BCUT2D eigenvalue weighted by molar-refractivity contribution is -0.140. The summed E-state index contributed by atoms with van der Waals surface area (Å²) in [7, 11) is -3.86. The van der Waals surface area contributed by atoms with E-state index in [4.69, 9.17) is 0 Å². The number of carbonyl (C=O) groups is 2. The first-order valence-electron chi connectivity index (χ1n) is 13.0. The van der Waals surface area contributed by atoms with Crippen LogP contribution in [0.25, 0.3) is 0 Å². The van der Waals surface area contributed by atoms with Crippen molar-refractivity contribution in [3.05, 3.63) is 99.8 Å². The molecule has 0 spiro atoms. The maximum atomic E-state index is 14.0. The van der Waals surface area contributed by atoms with E-state index in [2.05, 4.69) is 21.2 Å². The largest absolute Gasteiger partial charge is 0.352 e. The van der Waals surface area contributed by atoms with E-state index in [0.29, 0.717) is 17.7 Å². The van der Waals surface area contributed by atoms with E-state index in [1.165, 1.54) is 17.0 Å². The van der Waals surface area contributed by atoms with Crippen molar-refractivity contribution in [2.75, 3.05) is 17.1 Å². The second-order valence-corrected chi connectivity index (χ2v) is 12.6. The lowest BCUT2D eigenvalue weighted by atomic mass is 10.0. The third-order valence-electron chi connectivity index (χ3n) is 6.65. The topological polar surface area (TPSA) is 86.8 Å². The Bertz CT molecular complexity index is 1420. The van der Waals surface area contributed by atoms with Gasteiger partial charge in [-0.1, -0.05) is 65.3 Å². The minimum atomic E-state index is -3.86. The molecule has 3 rings (SSSR count). The van der Waals surface area contributed by atoms with Crippen LogP contribution in [0.2, 0.25) is 0 Å². The summed E-state index contributed by atoms with van der Waals surface area (Å²) < 4.78 is 41.3. The van der Waals surface area contributed by atoms with Crippen LogP contribution in [-0.4, -0.2) is 50.0 Å². The molecule has 1 N–H and O–H groups in total. The molecule has 0 heterocycles. The van der Waals surface area contributed by atoms with Gasteiger partial charge in [0.05, 0.1) is 11.9 Å². The predicted octanol–water partition coefficient (Wildman–Crippen LogP) is 5.22. The molecule has 0 saturated carbocycles. The molecule has 7 nitrogen and oxygen atoms in total. The first-order chi connectivity index (χ1) is 18.9. The van der Waals surface area contributed by atoms with Crippen molar-refractivity contribution in [2.24, 2.45) is 0 Å². The summed E-state index contributed by atoms with van der Waals surface area (Å²) >= 11 is 3.42. The first-order valence-corrected chi connectivity index (χ1v) is 15.6. The van der Waals surface area contributed by atoms with Crippen LogP contribution in [0.15, 0.2) is 77.3 Å². The van der Waals surface area contributed by atoms with Crippen molar-refractivity contribution < 1.29 is 22.4 Å². The monoisotopic (exact) mass is 631 g/mol. The third-order valence-corrected chi connectivity index (χ3v) is 8.68. The molecular weight excluding hydrogens is 597 g/mol. The molecule has 0 saturated heterocycles. The number of benzene rings is 3. The van der Waals surface area contributed by atoms with Crippen LogP contribution in [0.3, 0.4) is 0 Å². The molecule has 0 radical (unpaired) electrons. The Morgan fingerprint density at radius 1 is 1.00 bits per heavy atom. The molecule has 0 bridgehead atoms. The number of anilines is 1. The minimum Gasteiger partial charge on any atom is -0.352 e. The third kappa shape index (κ3) is 8.63. The van der Waals surface area contributed by atoms with Crippen LogP contribution in [0, 0.1) is 12.7 Å². The molecule has 2 atom stereocenters. The van der Waals surface area contributed by atoms with Crippen LogP contribution >= 0.6 is 15.9 Å². The van der Waals surface area contributed by atoms with Gasteiger partial charge in [-0.3, -0.25) is 13.9 Å². The molecule has 2 unspecified atom stereocenters. The Kier molecular flexibility index (Phi) is 10.9. The molecular formula is C30H35BrFN3O4S. The number of hydrogen-bond donors (Lipinski definition) is 1. The lowest BCUT2D eigenvalue weighted by Gasteiger charge is -2.34. The summed E-state index contributed by atoms with van der Waals surface area (Å²) in [5, 5.41) is 2.98. The van der Waals surface area contributed by atoms with Crippen molar-refractivity contribution in [1.82, 2.24) is 10.2 Å². The molecule has 40 heavy (non-hydrogen) atoms. The van der Waals surface area contributed by atoms with E-state index in [9.17, 15) is 22.4 Å². The van der Waals surface area contributed by atoms with Gasteiger partial charge in [0, 0.05) is 23.5 Å². The summed E-state index contributed by atoms with van der Waals surface area (Å²) in [6.07, 6.45) is 1.95. The van der Waals surface area contributed by atoms with Gasteiger partial charge < -0.3 is 10.2 Å². The van der Waals surface area contributed by atoms with E-state index in [1.807, 2.05) is 51.1 Å². The second kappa shape index (κ2) is 13.9. The normalized spacial score (nSPS) is 12.8. The van der Waals surface area contributed by atoms with Crippen molar-refractivity contribution >= 4 is 43.5 Å². The zero-order chi connectivity index (χ0) is 29.4. The molecule has 2 amide bonds. The number of carbonyl (C=O) groups excluding carboxylic acids is 2. The van der Waals surface area contributed by atoms with Gasteiger partial charge in [-0.05, 0) is 67.3 Å². The quantitative estimate of drug-likeness (QED) is 0.297. The SMILES string of the molecule is CCC(C)NC(=O)C(Cc1ccccc1)N(Cc1ccc(F)cc1)C(=O)CN(c1ccc(Br)c(C)c1)S(C)(=O)=O. The van der Waals surface area contributed by atoms with Gasteiger partial charge in [-0.15, -0.1) is 0 Å². The van der Waals surface area contributed by atoms with E-state index in [0.717, 1.165) is 26.2 Å². The summed E-state index contributed by atoms with van der Waals surface area (Å²) in [5.74, 6) is -1.33. The number of rotatable bonds is 12. The highest BCUT2D eigenvalue weighted by atomic mass is 79.9. The van der Waals surface area contributed by atoms with Crippen LogP contribution in [-0.2, 0) is 32.6 Å². The number of nitrogens with one attached hydrogen (secondary N) is 1. The average Bonchev–Trinajstić information content (AvgIpc) is 2.91. The van der Waals surface area contributed by atoms with Crippen LogP contribution < -0.4 is 9.62 Å². The predicted molar refractivity (Wildman–Crippen MR) is 160 cm³/mol. The Morgan fingerprint density at radius 2 is 1.65 bits per heavy atom. The molecule has 3 aromatic carbocycles. The van der Waals surface area contributed by atoms with E-state index in [-0.39, 0.29) is 24.9 Å². The van der Waals surface area contributed by atoms with Crippen molar-refractivity contribution in [3.63, 3.8) is 0 Å². The van der Waals surface area contributed by atoms with E-state index in [1.54, 1.807) is 30.3 Å². The number of halogens is 2. The Balaban J connectivity index is 2.06. The lowest BCUT2D eigenvalue weighted by Crippen LogP contribution is -2.54. The summed E-state index contributed by atoms with van der Waals surface area (Å²) in [6.45, 7) is 5.13. The molecule has 0 aliphatic heterocycles. The van der Waals surface area contributed by atoms with Crippen LogP contribution in [0.1, 0.15) is 37.0 Å². The fourth-order valence-corrected chi connectivity index (χ4v) is 5.27. The Labute approximate surface area is 244 Å². The van der Waals surface area contributed by atoms with Gasteiger partial charge in [-0.2, -0.15) is 0 Å². The van der Waals surface area contributed by atoms with Crippen molar-refractivity contribution in [1.29, 1.82) is 0 Å². The number of nitrogens with zero attached hydrogens (tertiary/aromatic N) is 2. The zero-order valence-electron chi connectivity index (χ0n) is 23.1. The van der Waals surface area contributed by atoms with Crippen LogP contribution in [0.4, 0.5) is 10.1 Å². The van der Waals surface area contributed by atoms with E-state index < -0.39 is 34.3 Å². The highest BCUT2D eigenvalue weighted by Crippen LogP contribution is 2.25. The maximum absolute atomic E-state index is 14.0. The summed E-state index contributed by atoms with van der Waals surface area (Å²) in [5.41, 5.74) is 2.58. The number of hydrogen-bond acceptors (Lipinski definition) is 4. The van der Waals surface area contributed by atoms with Crippen molar-refractivity contribution in [3.8, 4) is 0 Å². The molecule has 10 heteroatoms. The molecule has 0 aliphatic rings. The highest BCUT2D eigenvalue weighted by molar-refractivity contribution is 9.10. The Hall–Kier alpha value is -3.24. The molecule has 0 aliphatic carbocycles. The molecule has 0 aromatic heterocycles. The highest BCUT2D eigenvalue weighted by Gasteiger charge is 2.33. The second-order valence-electron chi connectivity index (χ2n) is 9.87. The van der Waals surface area contributed by atoms with Gasteiger partial charge >= 0.3 is 0 Å². The van der Waals surface area contributed by atoms with Gasteiger partial charge in [0.2, 0.25) is 21.8 Å². The van der Waals surface area contributed by atoms with Gasteiger partial charge in [0.1, 0.15) is 18.4 Å². The summed E-state index contributed by atoms with van der Waals surface area (Å²) in [6, 6.07) is 18.9.